The van der Waals surface area contributed by atoms with E-state index in [-0.39, 0.29) is 21.1 Å². The molecule has 2 aromatic carbocycles. The molecule has 1 heterocycles. The van der Waals surface area contributed by atoms with Gasteiger partial charge in [-0.3, -0.25) is 4.55 Å². The van der Waals surface area contributed by atoms with E-state index in [1.54, 1.807) is 24.3 Å². The molecule has 0 amide bonds. The van der Waals surface area contributed by atoms with Gasteiger partial charge in [0.1, 0.15) is 13.2 Å². The van der Waals surface area contributed by atoms with Crippen molar-refractivity contribution in [2.75, 3.05) is 66.9 Å². The topological polar surface area (TPSA) is 283 Å². The van der Waals surface area contributed by atoms with Crippen LogP contribution in [0.5, 0.6) is 0 Å². The second-order valence-corrected chi connectivity index (χ2v) is 24.2. The average molecular weight is 1450 g/mol. The Balaban J connectivity index is 0.00000167. The summed E-state index contributed by atoms with van der Waals surface area (Å²) in [5.74, 6) is -49.5. The Morgan fingerprint density at radius 3 is 0.854 bits per heavy atom. The number of halogens is 27. The van der Waals surface area contributed by atoms with Crippen LogP contribution < -0.4 is 0 Å². The van der Waals surface area contributed by atoms with E-state index < -0.39 is 197 Å². The number of benzene rings is 2. The van der Waals surface area contributed by atoms with Crippen molar-refractivity contribution in [3.63, 3.8) is 0 Å². The third-order valence-electron chi connectivity index (χ3n) is 10.2. The maximum atomic E-state index is 14.0. The fourth-order valence-corrected chi connectivity index (χ4v) is 8.70. The fourth-order valence-electron chi connectivity index (χ4n) is 5.22. The van der Waals surface area contributed by atoms with E-state index in [1.165, 1.54) is 0 Å². The zero-order valence-corrected chi connectivity index (χ0v) is 46.3. The minimum absolute atomic E-state index is 0.0414. The van der Waals surface area contributed by atoms with Crippen LogP contribution in [0.4, 0.5) is 119 Å². The van der Waals surface area contributed by atoms with Crippen LogP contribution in [0.2, 0.25) is 0 Å². The molecule has 1 aliphatic rings. The Bertz CT molecular complexity index is 3160. The highest BCUT2D eigenvalue weighted by Crippen LogP contribution is 2.58. The summed E-state index contributed by atoms with van der Waals surface area (Å²) in [6.45, 7) is -8.64. The lowest BCUT2D eigenvalue weighted by atomic mass is 10.1. The van der Waals surface area contributed by atoms with Crippen molar-refractivity contribution in [1.82, 2.24) is 12.9 Å². The van der Waals surface area contributed by atoms with Crippen molar-refractivity contribution in [3.05, 3.63) is 70.8 Å². The molecule has 0 fully saturated rings. The van der Waals surface area contributed by atoms with Gasteiger partial charge in [0.25, 0.3) is 40.2 Å². The largest absolute Gasteiger partial charge is 0.461 e. The van der Waals surface area contributed by atoms with Crippen LogP contribution in [0.1, 0.15) is 41.4 Å². The van der Waals surface area contributed by atoms with Crippen molar-refractivity contribution < 1.29 is 195 Å². The third-order valence-corrected chi connectivity index (χ3v) is 15.9. The van der Waals surface area contributed by atoms with Crippen LogP contribution in [0.3, 0.4) is 0 Å². The van der Waals surface area contributed by atoms with Crippen LogP contribution in [0.25, 0.3) is 0 Å². The molecule has 0 spiro atoms. The number of nitrogens with zero attached hydrogens (tertiary/aromatic N) is 3. The quantitative estimate of drug-likeness (QED) is 0.0378. The number of hydrogen-bond acceptors (Lipinski definition) is 16. The molecule has 20 nitrogen and oxygen atoms in total. The van der Waals surface area contributed by atoms with Crippen molar-refractivity contribution in [1.29, 1.82) is 0 Å². The van der Waals surface area contributed by atoms with E-state index in [4.69, 9.17) is 9.66 Å². The number of fused-ring (bicyclic) bond motifs is 1. The molecule has 2 N–H and O–H groups in total. The number of carbonyl (C=O) groups excluding carboxylic acids is 4. The molecule has 51 heteroatoms. The first-order valence-corrected chi connectivity index (χ1v) is 27.6. The molecule has 0 unspecified atom stereocenters. The summed E-state index contributed by atoms with van der Waals surface area (Å²) in [6, 6.07) is 9.75. The zero-order chi connectivity index (χ0) is 71.4. The molecule has 0 saturated carbocycles. The molecule has 89 heavy (non-hydrogen) atoms. The summed E-state index contributed by atoms with van der Waals surface area (Å²) in [6.07, 6.45) is -21.1. The SMILES string of the molecule is CN(CCO)S(=O)(=O)C(F)(F)C(F)(F)C(F)(F)C(F)(F)F.CN(CCOC(=O)c1ccccc1C(=O)OCCN(C)S(=O)(=O)C(F)(F)C(F)(F)C(F)(F)C(F)(F)F)S(=O)(=O)C(F)(F)C(F)(F)C(F)(F)C(F)(F)F.CS(=O)(=O)O.O=C1OC(=O)c2ccccc21. The summed E-state index contributed by atoms with van der Waals surface area (Å²) in [5.41, 5.74) is -1.17. The lowest BCUT2D eigenvalue weighted by Gasteiger charge is -2.34. The highest BCUT2D eigenvalue weighted by atomic mass is 32.2. The minimum Gasteiger partial charge on any atom is -0.461 e. The molecule has 3 rings (SSSR count). The normalized spacial score (nSPS) is 14.8. The Kier molecular flexibility index (Phi) is 25.8. The van der Waals surface area contributed by atoms with E-state index in [9.17, 15) is 171 Å². The number of cyclic esters (lactones) is 2. The highest BCUT2D eigenvalue weighted by molar-refractivity contribution is 7.90. The molecule has 0 radical (unpaired) electrons. The number of sulfonamides is 3. The molecule has 0 aromatic heterocycles. The number of alkyl halides is 27. The van der Waals surface area contributed by atoms with Gasteiger partial charge in [-0.15, -0.1) is 0 Å². The number of aliphatic hydroxyl groups excluding tert-OH is 1. The van der Waals surface area contributed by atoms with Crippen molar-refractivity contribution in [3.8, 4) is 0 Å². The van der Waals surface area contributed by atoms with Crippen molar-refractivity contribution in [2.24, 2.45) is 0 Å². The van der Waals surface area contributed by atoms with Crippen molar-refractivity contribution in [2.45, 2.75) is 69.8 Å². The van der Waals surface area contributed by atoms with Gasteiger partial charge in [-0.05, 0) is 24.3 Å². The predicted octanol–water partition coefficient (Wildman–Crippen LogP) is 7.54. The molecular weight excluding hydrogens is 1410 g/mol. The van der Waals surface area contributed by atoms with E-state index in [0.717, 1.165) is 12.1 Å². The van der Waals surface area contributed by atoms with Gasteiger partial charge in [-0.2, -0.15) is 140 Å². The van der Waals surface area contributed by atoms with E-state index in [1.807, 2.05) is 0 Å². The average Bonchev–Trinajstić information content (AvgIpc) is 1.19. The van der Waals surface area contributed by atoms with Gasteiger partial charge < -0.3 is 19.3 Å². The summed E-state index contributed by atoms with van der Waals surface area (Å²) in [5, 5.41) is -12.7. The van der Waals surface area contributed by atoms with Gasteiger partial charge in [0.15, 0.2) is 0 Å². The summed E-state index contributed by atoms with van der Waals surface area (Å²) in [7, 11) is -24.3. The second-order valence-electron chi connectivity index (χ2n) is 16.5. The third kappa shape index (κ3) is 16.9. The number of likely N-dealkylation sites (N-methyl/N-ethyl adjacent to an activating group) is 3. The van der Waals surface area contributed by atoms with E-state index in [0.29, 0.717) is 29.5 Å². The first-order chi connectivity index (χ1) is 39.1. The van der Waals surface area contributed by atoms with Crippen molar-refractivity contribution >= 4 is 64.1 Å². The molecule has 0 atom stereocenters. The Hall–Kier alpha value is -5.77. The van der Waals surface area contributed by atoms with Gasteiger partial charge >= 0.3 is 93.7 Å². The highest BCUT2D eigenvalue weighted by Gasteiger charge is 2.88. The molecule has 1 aliphatic heterocycles. The smallest absolute Gasteiger partial charge is 0.460 e. The van der Waals surface area contributed by atoms with Crippen LogP contribution >= 0.6 is 0 Å². The van der Waals surface area contributed by atoms with Gasteiger partial charge in [-0.1, -0.05) is 24.3 Å². The standard InChI is InChI=1S/C22H18F18N2O8S2.C8H4O3.C7H8F9NO3S.CH4O3S/c1-41(51(45,46)21(37,38)17(27,28)15(23,24)19(31,32)33)7-9-49-13(43)11-5-3-4-6-12(11)14(44)50-10-8-42(2)52(47,48)22(39,40)18(29,30)16(25,26)20(34,35)36;9-7-5-3-1-2-4-6(5)8(10)11-7;1-17(2-3-18)21(19,20)7(15,16)5(10,11)4(8,9)6(12,13)14;1-5(2,3)4/h3-6H,7-10H2,1-2H3;1-4H;18H,2-3H2,1H3;1H3,(H,2,3,4). The predicted molar refractivity (Wildman–Crippen MR) is 235 cm³/mol. The maximum absolute atomic E-state index is 14.0. The van der Waals surface area contributed by atoms with Crippen LogP contribution in [0, 0.1) is 0 Å². The molecule has 0 saturated heterocycles. The Morgan fingerprint density at radius 1 is 0.427 bits per heavy atom. The lowest BCUT2D eigenvalue weighted by molar-refractivity contribution is -0.382. The van der Waals surface area contributed by atoms with Gasteiger partial charge in [-0.25, -0.2) is 44.4 Å². The Morgan fingerprint density at radius 2 is 0.640 bits per heavy atom. The summed E-state index contributed by atoms with van der Waals surface area (Å²) >= 11 is 0. The van der Waals surface area contributed by atoms with Gasteiger partial charge in [0, 0.05) is 40.8 Å². The first kappa shape index (κ1) is 83.2. The summed E-state index contributed by atoms with van der Waals surface area (Å²) in [4.78, 5) is 46.5. The molecule has 0 bridgehead atoms. The number of carbonyl (C=O) groups is 4. The maximum Gasteiger partial charge on any atom is 0.460 e. The second kappa shape index (κ2) is 27.6. The van der Waals surface area contributed by atoms with Gasteiger partial charge in [0.2, 0.25) is 0 Å². The summed E-state index contributed by atoms with van der Waals surface area (Å²) < 4.78 is 455. The van der Waals surface area contributed by atoms with Crippen LogP contribution in [0.15, 0.2) is 48.5 Å². The number of esters is 4. The molecule has 516 valence electrons. The molecule has 0 aliphatic carbocycles. The number of ether oxygens (including phenoxy) is 3. The van der Waals surface area contributed by atoms with Crippen LogP contribution in [-0.2, 0) is 54.4 Å². The zero-order valence-electron chi connectivity index (χ0n) is 43.1. The monoisotopic (exact) mass is 1450 g/mol. The first-order valence-electron chi connectivity index (χ1n) is 21.4. The fraction of sp³-hybridized carbons (Fsp3) is 0.579. The number of aliphatic hydroxyl groups is 1. The molecule has 2 aromatic rings. The Labute approximate surface area is 478 Å². The number of hydrogen-bond donors (Lipinski definition) is 2. The minimum atomic E-state index is -7.59. The number of rotatable bonds is 22. The lowest BCUT2D eigenvalue weighted by Crippen LogP contribution is -2.65. The molecular formula is C38H34F27N3O17S4. The van der Waals surface area contributed by atoms with E-state index >= 15 is 0 Å². The van der Waals surface area contributed by atoms with E-state index in [2.05, 4.69) is 14.2 Å². The van der Waals surface area contributed by atoms with Gasteiger partial charge in [0.05, 0.1) is 35.1 Å². The van der Waals surface area contributed by atoms with Crippen LogP contribution in [-0.4, -0.2) is 217 Å².